The van der Waals surface area contributed by atoms with Crippen LogP contribution in [0.5, 0.6) is 0 Å². The molecule has 3 N–H and O–H groups in total. The normalized spacial score (nSPS) is 12.9. The highest BCUT2D eigenvalue weighted by atomic mass is 16.5. The lowest BCUT2D eigenvalue weighted by molar-refractivity contribution is -0.129. The van der Waals surface area contributed by atoms with Crippen LogP contribution in [0.2, 0.25) is 0 Å². The molecule has 5 heteroatoms. The van der Waals surface area contributed by atoms with Crippen molar-refractivity contribution in [2.75, 3.05) is 0 Å². The summed E-state index contributed by atoms with van der Waals surface area (Å²) in [7, 11) is 0. The van der Waals surface area contributed by atoms with Crippen molar-refractivity contribution in [3.05, 3.63) is 35.4 Å². The number of hydrogen-bond donors (Lipinski definition) is 3. The number of rotatable bonds is 4. The number of nitrogens with one attached hydrogen (secondary N) is 2. The fourth-order valence-electron chi connectivity index (χ4n) is 1.90. The van der Waals surface area contributed by atoms with E-state index in [9.17, 15) is 9.59 Å². The van der Waals surface area contributed by atoms with E-state index in [0.29, 0.717) is 5.56 Å². The SMILES string of the molecule is CC(C)C(NC(=O)C(C)(C)C)c1ccc(C(=O)NO)cc1. The van der Waals surface area contributed by atoms with E-state index in [1.54, 1.807) is 29.7 Å². The largest absolute Gasteiger partial charge is 0.349 e. The lowest BCUT2D eigenvalue weighted by atomic mass is 9.91. The van der Waals surface area contributed by atoms with Crippen LogP contribution < -0.4 is 10.8 Å². The summed E-state index contributed by atoms with van der Waals surface area (Å²) in [6, 6.07) is 6.71. The van der Waals surface area contributed by atoms with Crippen LogP contribution in [0.15, 0.2) is 24.3 Å². The van der Waals surface area contributed by atoms with Crippen molar-refractivity contribution in [1.29, 1.82) is 0 Å². The molecule has 116 valence electrons. The van der Waals surface area contributed by atoms with Gasteiger partial charge in [-0.2, -0.15) is 0 Å². The first kappa shape index (κ1) is 17.2. The van der Waals surface area contributed by atoms with Gasteiger partial charge in [0.15, 0.2) is 0 Å². The van der Waals surface area contributed by atoms with Gasteiger partial charge in [-0.15, -0.1) is 0 Å². The van der Waals surface area contributed by atoms with Crippen LogP contribution in [-0.2, 0) is 4.79 Å². The predicted octanol–water partition coefficient (Wildman–Crippen LogP) is 2.67. The summed E-state index contributed by atoms with van der Waals surface area (Å²) in [6.07, 6.45) is 0. The van der Waals surface area contributed by atoms with E-state index >= 15 is 0 Å². The number of carbonyl (C=O) groups is 2. The molecule has 1 atom stereocenters. The Morgan fingerprint density at radius 2 is 1.62 bits per heavy atom. The third-order valence-electron chi connectivity index (χ3n) is 3.27. The Kier molecular flexibility index (Phi) is 5.49. The van der Waals surface area contributed by atoms with Crippen LogP contribution in [0.25, 0.3) is 0 Å². The molecule has 0 saturated carbocycles. The van der Waals surface area contributed by atoms with E-state index < -0.39 is 11.3 Å². The van der Waals surface area contributed by atoms with Crippen LogP contribution in [-0.4, -0.2) is 17.0 Å². The summed E-state index contributed by atoms with van der Waals surface area (Å²) < 4.78 is 0. The molecule has 21 heavy (non-hydrogen) atoms. The molecule has 0 aliphatic carbocycles. The molecule has 1 unspecified atom stereocenters. The zero-order valence-electron chi connectivity index (χ0n) is 13.2. The van der Waals surface area contributed by atoms with Crippen LogP contribution in [0.1, 0.15) is 56.6 Å². The Bertz CT molecular complexity index is 501. The Morgan fingerprint density at radius 3 is 2.00 bits per heavy atom. The highest BCUT2D eigenvalue weighted by molar-refractivity contribution is 5.93. The van der Waals surface area contributed by atoms with Crippen molar-refractivity contribution >= 4 is 11.8 Å². The summed E-state index contributed by atoms with van der Waals surface area (Å²) in [6.45, 7) is 9.67. The maximum absolute atomic E-state index is 12.2. The molecule has 2 amide bonds. The summed E-state index contributed by atoms with van der Waals surface area (Å²) in [5, 5.41) is 11.7. The van der Waals surface area contributed by atoms with Crippen LogP contribution >= 0.6 is 0 Å². The van der Waals surface area contributed by atoms with Gasteiger partial charge >= 0.3 is 0 Å². The first-order valence-corrected chi connectivity index (χ1v) is 7.02. The quantitative estimate of drug-likeness (QED) is 0.589. The van der Waals surface area contributed by atoms with Gasteiger partial charge < -0.3 is 5.32 Å². The zero-order valence-corrected chi connectivity index (χ0v) is 13.2. The second-order valence-corrected chi connectivity index (χ2v) is 6.51. The Hall–Kier alpha value is -1.88. The van der Waals surface area contributed by atoms with Crippen LogP contribution in [0.3, 0.4) is 0 Å². The second-order valence-electron chi connectivity index (χ2n) is 6.51. The van der Waals surface area contributed by atoms with Crippen LogP contribution in [0, 0.1) is 11.3 Å². The Balaban J connectivity index is 2.96. The molecular weight excluding hydrogens is 268 g/mol. The predicted molar refractivity (Wildman–Crippen MR) is 80.9 cm³/mol. The zero-order chi connectivity index (χ0) is 16.2. The van der Waals surface area contributed by atoms with Crippen molar-refractivity contribution in [1.82, 2.24) is 10.8 Å². The molecule has 0 bridgehead atoms. The molecule has 5 nitrogen and oxygen atoms in total. The van der Waals surface area contributed by atoms with E-state index in [4.69, 9.17) is 5.21 Å². The molecule has 0 aliphatic heterocycles. The van der Waals surface area contributed by atoms with Crippen molar-refractivity contribution in [3.8, 4) is 0 Å². The maximum Gasteiger partial charge on any atom is 0.274 e. The van der Waals surface area contributed by atoms with Gasteiger partial charge in [-0.3, -0.25) is 14.8 Å². The minimum Gasteiger partial charge on any atom is -0.349 e. The summed E-state index contributed by atoms with van der Waals surface area (Å²) >= 11 is 0. The molecule has 1 aromatic rings. The number of benzene rings is 1. The molecule has 0 spiro atoms. The van der Waals surface area contributed by atoms with Gasteiger partial charge in [-0.05, 0) is 23.6 Å². The first-order chi connectivity index (χ1) is 9.66. The average molecular weight is 292 g/mol. The lowest BCUT2D eigenvalue weighted by Crippen LogP contribution is -2.39. The fraction of sp³-hybridized carbons (Fsp3) is 0.500. The highest BCUT2D eigenvalue weighted by Gasteiger charge is 2.26. The number of amides is 2. The van der Waals surface area contributed by atoms with Gasteiger partial charge in [0.2, 0.25) is 5.91 Å². The van der Waals surface area contributed by atoms with Gasteiger partial charge in [0, 0.05) is 11.0 Å². The second kappa shape index (κ2) is 6.72. The van der Waals surface area contributed by atoms with Crippen molar-refractivity contribution in [2.24, 2.45) is 11.3 Å². The van der Waals surface area contributed by atoms with E-state index in [2.05, 4.69) is 5.32 Å². The third-order valence-corrected chi connectivity index (χ3v) is 3.27. The Labute approximate surface area is 125 Å². The Morgan fingerprint density at radius 1 is 1.10 bits per heavy atom. The topological polar surface area (TPSA) is 78.4 Å². The van der Waals surface area contributed by atoms with Gasteiger partial charge in [-0.1, -0.05) is 46.8 Å². The molecule has 1 aromatic carbocycles. The first-order valence-electron chi connectivity index (χ1n) is 7.02. The molecule has 1 rings (SSSR count). The third kappa shape index (κ3) is 4.56. The molecule has 0 radical (unpaired) electrons. The summed E-state index contributed by atoms with van der Waals surface area (Å²) in [4.78, 5) is 23.5. The smallest absolute Gasteiger partial charge is 0.274 e. The van der Waals surface area contributed by atoms with Crippen LogP contribution in [0.4, 0.5) is 0 Å². The monoisotopic (exact) mass is 292 g/mol. The molecular formula is C16H24N2O3. The molecule has 0 fully saturated rings. The van der Waals surface area contributed by atoms with Crippen molar-refractivity contribution in [3.63, 3.8) is 0 Å². The van der Waals surface area contributed by atoms with Gasteiger partial charge in [0.05, 0.1) is 6.04 Å². The fourth-order valence-corrected chi connectivity index (χ4v) is 1.90. The van der Waals surface area contributed by atoms with Crippen molar-refractivity contribution < 1.29 is 14.8 Å². The summed E-state index contributed by atoms with van der Waals surface area (Å²) in [5.41, 5.74) is 2.44. The number of hydrogen-bond acceptors (Lipinski definition) is 3. The lowest BCUT2D eigenvalue weighted by Gasteiger charge is -2.27. The van der Waals surface area contributed by atoms with Crippen molar-refractivity contribution in [2.45, 2.75) is 40.7 Å². The maximum atomic E-state index is 12.2. The molecule has 0 saturated heterocycles. The number of hydroxylamine groups is 1. The van der Waals surface area contributed by atoms with Gasteiger partial charge in [0.1, 0.15) is 0 Å². The van der Waals surface area contributed by atoms with E-state index in [0.717, 1.165) is 5.56 Å². The molecule has 0 heterocycles. The molecule has 0 aliphatic rings. The van der Waals surface area contributed by atoms with Gasteiger partial charge in [-0.25, -0.2) is 5.48 Å². The standard InChI is InChI=1S/C16H24N2O3/c1-10(2)13(17-15(20)16(3,4)5)11-6-8-12(9-7-11)14(19)18-21/h6-10,13,21H,1-5H3,(H,17,20)(H,18,19). The average Bonchev–Trinajstić information content (AvgIpc) is 2.42. The van der Waals surface area contributed by atoms with E-state index in [-0.39, 0.29) is 17.9 Å². The summed E-state index contributed by atoms with van der Waals surface area (Å²) in [5.74, 6) is -0.353. The highest BCUT2D eigenvalue weighted by Crippen LogP contribution is 2.24. The molecule has 0 aromatic heterocycles. The minimum absolute atomic E-state index is 0.0154. The number of carbonyl (C=O) groups excluding carboxylic acids is 2. The van der Waals surface area contributed by atoms with E-state index in [1.165, 1.54) is 0 Å². The minimum atomic E-state index is -0.554. The van der Waals surface area contributed by atoms with E-state index in [1.807, 2.05) is 34.6 Å². The van der Waals surface area contributed by atoms with Gasteiger partial charge in [0.25, 0.3) is 5.91 Å².